The van der Waals surface area contributed by atoms with Crippen LogP contribution in [-0.2, 0) is 4.79 Å². The summed E-state index contributed by atoms with van der Waals surface area (Å²) in [5.74, 6) is 0.457. The predicted molar refractivity (Wildman–Crippen MR) is 74.5 cm³/mol. The van der Waals surface area contributed by atoms with Crippen molar-refractivity contribution in [2.24, 2.45) is 0 Å². The number of nitrogens with zero attached hydrogens (tertiary/aromatic N) is 1. The zero-order chi connectivity index (χ0) is 13.9. The molecular weight excluding hydrogens is 273 g/mol. The van der Waals surface area contributed by atoms with Gasteiger partial charge in [0.05, 0.1) is 10.0 Å². The van der Waals surface area contributed by atoms with Crippen molar-refractivity contribution in [3.05, 3.63) is 28.2 Å². The Hall–Kier alpha value is -0.930. The Labute approximate surface area is 118 Å². The van der Waals surface area contributed by atoms with Gasteiger partial charge in [-0.25, -0.2) is 0 Å². The number of benzene rings is 1. The van der Waals surface area contributed by atoms with Gasteiger partial charge in [0.2, 0.25) is 0 Å². The van der Waals surface area contributed by atoms with Gasteiger partial charge in [-0.05, 0) is 32.9 Å². The molecule has 0 bridgehead atoms. The third kappa shape index (κ3) is 3.79. The summed E-state index contributed by atoms with van der Waals surface area (Å²) in [6.07, 6.45) is -0.561. The third-order valence-electron chi connectivity index (χ3n) is 2.67. The van der Waals surface area contributed by atoms with E-state index in [9.17, 15) is 4.79 Å². The molecule has 1 aromatic carbocycles. The first kappa shape index (κ1) is 15.1. The van der Waals surface area contributed by atoms with E-state index in [-0.39, 0.29) is 11.9 Å². The minimum absolute atomic E-state index is 0.0731. The van der Waals surface area contributed by atoms with Crippen LogP contribution in [0.25, 0.3) is 0 Å². The molecule has 0 aliphatic carbocycles. The summed E-state index contributed by atoms with van der Waals surface area (Å²) >= 11 is 11.7. The van der Waals surface area contributed by atoms with Gasteiger partial charge in [0.1, 0.15) is 5.75 Å². The molecule has 0 aromatic heterocycles. The number of hydrogen-bond acceptors (Lipinski definition) is 2. The molecule has 1 amide bonds. The normalized spacial score (nSPS) is 12.4. The van der Waals surface area contributed by atoms with Crippen LogP contribution in [0.1, 0.15) is 20.8 Å². The molecule has 0 fully saturated rings. The first-order chi connectivity index (χ1) is 8.32. The first-order valence-electron chi connectivity index (χ1n) is 5.71. The molecule has 5 heteroatoms. The molecule has 0 saturated heterocycles. The number of halogens is 2. The highest BCUT2D eigenvalue weighted by Crippen LogP contribution is 2.27. The fraction of sp³-hybridized carbons (Fsp3) is 0.462. The number of hydrogen-bond donors (Lipinski definition) is 0. The molecule has 0 heterocycles. The van der Waals surface area contributed by atoms with Gasteiger partial charge in [-0.15, -0.1) is 0 Å². The fourth-order valence-corrected chi connectivity index (χ4v) is 1.63. The summed E-state index contributed by atoms with van der Waals surface area (Å²) in [6, 6.07) is 5.07. The van der Waals surface area contributed by atoms with Crippen LogP contribution in [0.2, 0.25) is 10.0 Å². The van der Waals surface area contributed by atoms with E-state index in [1.807, 2.05) is 13.8 Å². The van der Waals surface area contributed by atoms with Gasteiger partial charge in [0, 0.05) is 19.2 Å². The number of amides is 1. The largest absolute Gasteiger partial charge is 0.481 e. The smallest absolute Gasteiger partial charge is 0.263 e. The van der Waals surface area contributed by atoms with Gasteiger partial charge in [-0.3, -0.25) is 4.79 Å². The second-order valence-corrected chi connectivity index (χ2v) is 5.19. The standard InChI is InChI=1S/C13H17Cl2NO2/c1-8(2)16(4)13(17)9(3)18-10-5-6-11(14)12(15)7-10/h5-9H,1-4H3. The number of ether oxygens (including phenoxy) is 1. The highest BCUT2D eigenvalue weighted by molar-refractivity contribution is 6.42. The number of rotatable bonds is 4. The summed E-state index contributed by atoms with van der Waals surface area (Å²) in [7, 11) is 1.75. The second-order valence-electron chi connectivity index (χ2n) is 4.38. The Bertz CT molecular complexity index is 435. The van der Waals surface area contributed by atoms with Crippen molar-refractivity contribution in [3.63, 3.8) is 0 Å². The number of likely N-dealkylation sites (N-methyl/N-ethyl adjacent to an activating group) is 1. The van der Waals surface area contributed by atoms with E-state index in [2.05, 4.69) is 0 Å². The third-order valence-corrected chi connectivity index (χ3v) is 3.41. The Morgan fingerprint density at radius 1 is 1.22 bits per heavy atom. The second kappa shape index (κ2) is 6.30. The van der Waals surface area contributed by atoms with Gasteiger partial charge >= 0.3 is 0 Å². The van der Waals surface area contributed by atoms with E-state index >= 15 is 0 Å². The van der Waals surface area contributed by atoms with E-state index in [1.54, 1.807) is 37.1 Å². The Balaban J connectivity index is 2.72. The topological polar surface area (TPSA) is 29.5 Å². The first-order valence-corrected chi connectivity index (χ1v) is 6.47. The van der Waals surface area contributed by atoms with Crippen molar-refractivity contribution >= 4 is 29.1 Å². The van der Waals surface area contributed by atoms with Crippen molar-refractivity contribution in [2.75, 3.05) is 7.05 Å². The maximum atomic E-state index is 12.0. The summed E-state index contributed by atoms with van der Waals surface area (Å²) in [4.78, 5) is 13.6. The molecule has 18 heavy (non-hydrogen) atoms. The quantitative estimate of drug-likeness (QED) is 0.847. The summed E-state index contributed by atoms with van der Waals surface area (Å²) in [6.45, 7) is 5.61. The molecule has 3 nitrogen and oxygen atoms in total. The van der Waals surface area contributed by atoms with Gasteiger partial charge < -0.3 is 9.64 Å². The lowest BCUT2D eigenvalue weighted by atomic mass is 10.2. The summed E-state index contributed by atoms with van der Waals surface area (Å²) in [5, 5.41) is 0.869. The van der Waals surface area contributed by atoms with Gasteiger partial charge in [-0.2, -0.15) is 0 Å². The monoisotopic (exact) mass is 289 g/mol. The molecule has 1 rings (SSSR count). The molecular formula is C13H17Cl2NO2. The minimum atomic E-state index is -0.561. The maximum absolute atomic E-state index is 12.0. The highest BCUT2D eigenvalue weighted by atomic mass is 35.5. The van der Waals surface area contributed by atoms with E-state index in [4.69, 9.17) is 27.9 Å². The lowest BCUT2D eigenvalue weighted by Gasteiger charge is -2.25. The van der Waals surface area contributed by atoms with Crippen LogP contribution in [0, 0.1) is 0 Å². The fourth-order valence-electron chi connectivity index (χ4n) is 1.35. The van der Waals surface area contributed by atoms with Gasteiger partial charge in [-0.1, -0.05) is 23.2 Å². The van der Waals surface area contributed by atoms with E-state index in [0.717, 1.165) is 0 Å². The molecule has 0 spiro atoms. The minimum Gasteiger partial charge on any atom is -0.481 e. The lowest BCUT2D eigenvalue weighted by Crippen LogP contribution is -2.41. The molecule has 1 aromatic rings. The lowest BCUT2D eigenvalue weighted by molar-refractivity contribution is -0.138. The van der Waals surface area contributed by atoms with E-state index in [0.29, 0.717) is 15.8 Å². The molecule has 0 aliphatic heterocycles. The zero-order valence-corrected chi connectivity index (χ0v) is 12.4. The van der Waals surface area contributed by atoms with Crippen LogP contribution in [-0.4, -0.2) is 30.0 Å². The number of carbonyl (C=O) groups excluding carboxylic acids is 1. The Morgan fingerprint density at radius 2 is 1.83 bits per heavy atom. The van der Waals surface area contributed by atoms with Crippen LogP contribution >= 0.6 is 23.2 Å². The molecule has 1 atom stereocenters. The Kier molecular flexibility index (Phi) is 5.29. The maximum Gasteiger partial charge on any atom is 0.263 e. The molecule has 0 N–H and O–H groups in total. The number of carbonyl (C=O) groups is 1. The predicted octanol–water partition coefficient (Wildman–Crippen LogP) is 3.63. The van der Waals surface area contributed by atoms with Gasteiger partial charge in [0.25, 0.3) is 5.91 Å². The average Bonchev–Trinajstić information content (AvgIpc) is 2.31. The average molecular weight is 290 g/mol. The summed E-state index contributed by atoms with van der Waals surface area (Å²) in [5.41, 5.74) is 0. The van der Waals surface area contributed by atoms with Crippen LogP contribution in [0.5, 0.6) is 5.75 Å². The molecule has 1 unspecified atom stereocenters. The zero-order valence-electron chi connectivity index (χ0n) is 10.9. The molecule has 0 saturated carbocycles. The van der Waals surface area contributed by atoms with Crippen LogP contribution < -0.4 is 4.74 Å². The van der Waals surface area contributed by atoms with E-state index < -0.39 is 6.10 Å². The molecule has 100 valence electrons. The van der Waals surface area contributed by atoms with Crippen molar-refractivity contribution in [1.82, 2.24) is 4.90 Å². The van der Waals surface area contributed by atoms with Crippen molar-refractivity contribution in [2.45, 2.75) is 32.9 Å². The van der Waals surface area contributed by atoms with Crippen molar-refractivity contribution < 1.29 is 9.53 Å². The van der Waals surface area contributed by atoms with Gasteiger partial charge in [0.15, 0.2) is 6.10 Å². The molecule has 0 radical (unpaired) electrons. The van der Waals surface area contributed by atoms with Crippen molar-refractivity contribution in [1.29, 1.82) is 0 Å². The SMILES string of the molecule is CC(Oc1ccc(Cl)c(Cl)c1)C(=O)N(C)C(C)C. The highest BCUT2D eigenvalue weighted by Gasteiger charge is 2.21. The summed E-state index contributed by atoms with van der Waals surface area (Å²) < 4.78 is 5.55. The van der Waals surface area contributed by atoms with Crippen molar-refractivity contribution in [3.8, 4) is 5.75 Å². The molecule has 0 aliphatic rings. The van der Waals surface area contributed by atoms with E-state index in [1.165, 1.54) is 0 Å². The van der Waals surface area contributed by atoms with Crippen LogP contribution in [0.3, 0.4) is 0 Å². The van der Waals surface area contributed by atoms with Crippen LogP contribution in [0.15, 0.2) is 18.2 Å². The Morgan fingerprint density at radius 3 is 2.33 bits per heavy atom. The van der Waals surface area contributed by atoms with Crippen LogP contribution in [0.4, 0.5) is 0 Å².